The Kier molecular flexibility index (Phi) is 2.43. The molecule has 0 unspecified atom stereocenters. The fourth-order valence-electron chi connectivity index (χ4n) is 2.12. The number of benzene rings is 1. The zero-order valence-electron chi connectivity index (χ0n) is 10.8. The molecule has 0 aliphatic carbocycles. The van der Waals surface area contributed by atoms with Crippen LogP contribution in [0.15, 0.2) is 42.7 Å². The van der Waals surface area contributed by atoms with Gasteiger partial charge in [0.1, 0.15) is 11.1 Å². The van der Waals surface area contributed by atoms with Crippen molar-refractivity contribution in [1.82, 2.24) is 25.1 Å². The summed E-state index contributed by atoms with van der Waals surface area (Å²) in [4.78, 5) is 12.5. The summed E-state index contributed by atoms with van der Waals surface area (Å²) in [7, 11) is 0. The van der Waals surface area contributed by atoms with Gasteiger partial charge >= 0.3 is 0 Å². The topological polar surface area (TPSA) is 103 Å². The summed E-state index contributed by atoms with van der Waals surface area (Å²) in [6.07, 6.45) is 3.24. The zero-order valence-corrected chi connectivity index (χ0v) is 10.8. The van der Waals surface area contributed by atoms with E-state index in [2.05, 4.69) is 25.1 Å². The van der Waals surface area contributed by atoms with Gasteiger partial charge in [0.15, 0.2) is 5.65 Å². The Balaban J connectivity index is 1.80. The molecule has 3 heterocycles. The normalized spacial score (nSPS) is 11.0. The molecule has 4 rings (SSSR count). The highest BCUT2D eigenvalue weighted by molar-refractivity contribution is 5.82. The van der Waals surface area contributed by atoms with Crippen molar-refractivity contribution in [2.45, 2.75) is 0 Å². The molecule has 1 aromatic carbocycles. The van der Waals surface area contributed by atoms with Crippen molar-refractivity contribution < 1.29 is 4.74 Å². The second-order valence-corrected chi connectivity index (χ2v) is 4.49. The lowest BCUT2D eigenvalue weighted by Gasteiger charge is -2.06. The molecule has 21 heavy (non-hydrogen) atoms. The average molecular weight is 278 g/mol. The number of hydrogen-bond acceptors (Lipinski definition) is 6. The first-order chi connectivity index (χ1) is 10.3. The van der Waals surface area contributed by atoms with Gasteiger partial charge in [-0.3, -0.25) is 10.1 Å². The molecule has 102 valence electrons. The van der Waals surface area contributed by atoms with Crippen molar-refractivity contribution in [3.8, 4) is 11.6 Å². The number of nitrogens with zero attached hydrogens (tertiary/aromatic N) is 4. The molecule has 3 aromatic heterocycles. The standard InChI is InChI=1S/C14H10N6O/c15-14-18-12-10(7-17-20-12)13(19-14)21-9-5-8-3-1-2-4-11(8)16-6-9/h1-7H,(H3,15,17,18,19,20). The van der Waals surface area contributed by atoms with Gasteiger partial charge in [0.05, 0.1) is 17.9 Å². The van der Waals surface area contributed by atoms with E-state index in [9.17, 15) is 0 Å². The highest BCUT2D eigenvalue weighted by Gasteiger charge is 2.10. The molecule has 0 aliphatic heterocycles. The first-order valence-electron chi connectivity index (χ1n) is 6.29. The van der Waals surface area contributed by atoms with Gasteiger partial charge in [-0.2, -0.15) is 15.1 Å². The van der Waals surface area contributed by atoms with E-state index >= 15 is 0 Å². The predicted molar refractivity (Wildman–Crippen MR) is 77.9 cm³/mol. The molecule has 0 saturated carbocycles. The summed E-state index contributed by atoms with van der Waals surface area (Å²) >= 11 is 0. The molecule has 0 amide bonds. The second kappa shape index (κ2) is 4.41. The number of fused-ring (bicyclic) bond motifs is 2. The van der Waals surface area contributed by atoms with Crippen LogP contribution in [-0.4, -0.2) is 25.1 Å². The van der Waals surface area contributed by atoms with Gasteiger partial charge in [-0.25, -0.2) is 0 Å². The summed E-state index contributed by atoms with van der Waals surface area (Å²) in [5.74, 6) is 1.05. The third kappa shape index (κ3) is 2.00. The van der Waals surface area contributed by atoms with Gasteiger partial charge in [0.25, 0.3) is 0 Å². The fourth-order valence-corrected chi connectivity index (χ4v) is 2.12. The van der Waals surface area contributed by atoms with Crippen LogP contribution in [0.1, 0.15) is 0 Å². The van der Waals surface area contributed by atoms with Crippen molar-refractivity contribution in [3.05, 3.63) is 42.7 Å². The quantitative estimate of drug-likeness (QED) is 0.583. The van der Waals surface area contributed by atoms with Crippen LogP contribution in [0.5, 0.6) is 11.6 Å². The maximum atomic E-state index is 5.79. The van der Waals surface area contributed by atoms with E-state index < -0.39 is 0 Å². The third-order valence-corrected chi connectivity index (χ3v) is 3.07. The summed E-state index contributed by atoms with van der Waals surface area (Å²) in [5.41, 5.74) is 7.10. The molecule has 7 heteroatoms. The Morgan fingerprint density at radius 2 is 2.00 bits per heavy atom. The van der Waals surface area contributed by atoms with E-state index in [1.807, 2.05) is 30.3 Å². The number of aromatic amines is 1. The molecular weight excluding hydrogens is 268 g/mol. The Hall–Kier alpha value is -3.22. The molecule has 7 nitrogen and oxygen atoms in total. The van der Waals surface area contributed by atoms with E-state index in [4.69, 9.17) is 10.5 Å². The van der Waals surface area contributed by atoms with Crippen molar-refractivity contribution >= 4 is 27.9 Å². The van der Waals surface area contributed by atoms with Crippen LogP contribution in [0.3, 0.4) is 0 Å². The largest absolute Gasteiger partial charge is 0.436 e. The summed E-state index contributed by atoms with van der Waals surface area (Å²) in [5, 5.41) is 8.31. The lowest BCUT2D eigenvalue weighted by atomic mass is 10.2. The first kappa shape index (κ1) is 11.6. The van der Waals surface area contributed by atoms with Gasteiger partial charge in [-0.15, -0.1) is 0 Å². The minimum Gasteiger partial charge on any atom is -0.436 e. The molecule has 0 spiro atoms. The van der Waals surface area contributed by atoms with Gasteiger partial charge in [0, 0.05) is 5.39 Å². The number of nitrogens with two attached hydrogens (primary N) is 1. The lowest BCUT2D eigenvalue weighted by Crippen LogP contribution is -1.98. The van der Waals surface area contributed by atoms with Crippen LogP contribution in [0.2, 0.25) is 0 Å². The molecule has 0 bridgehead atoms. The molecule has 0 saturated heterocycles. The van der Waals surface area contributed by atoms with Crippen molar-refractivity contribution in [2.75, 3.05) is 5.73 Å². The van der Waals surface area contributed by atoms with E-state index in [0.29, 0.717) is 22.7 Å². The van der Waals surface area contributed by atoms with Crippen molar-refractivity contribution in [1.29, 1.82) is 0 Å². The van der Waals surface area contributed by atoms with E-state index in [0.717, 1.165) is 10.9 Å². The molecule has 3 N–H and O–H groups in total. The van der Waals surface area contributed by atoms with Gasteiger partial charge in [-0.05, 0) is 12.1 Å². The second-order valence-electron chi connectivity index (χ2n) is 4.49. The minimum absolute atomic E-state index is 0.121. The van der Waals surface area contributed by atoms with E-state index in [1.165, 1.54) is 0 Å². The monoisotopic (exact) mass is 278 g/mol. The Morgan fingerprint density at radius 1 is 1.10 bits per heavy atom. The molecule has 0 fully saturated rings. The predicted octanol–water partition coefficient (Wildman–Crippen LogP) is 2.28. The van der Waals surface area contributed by atoms with Crippen molar-refractivity contribution in [2.24, 2.45) is 0 Å². The summed E-state index contributed by atoms with van der Waals surface area (Å²) in [6.45, 7) is 0. The number of anilines is 1. The van der Waals surface area contributed by atoms with Gasteiger partial charge in [0.2, 0.25) is 11.8 Å². The number of H-pyrrole nitrogens is 1. The maximum absolute atomic E-state index is 5.79. The summed E-state index contributed by atoms with van der Waals surface area (Å²) in [6, 6.07) is 9.69. The van der Waals surface area contributed by atoms with Gasteiger partial charge in [-0.1, -0.05) is 18.2 Å². The van der Waals surface area contributed by atoms with E-state index in [-0.39, 0.29) is 5.95 Å². The number of para-hydroxylation sites is 1. The highest BCUT2D eigenvalue weighted by atomic mass is 16.5. The van der Waals surface area contributed by atoms with Crippen LogP contribution < -0.4 is 10.5 Å². The van der Waals surface area contributed by atoms with Gasteiger partial charge < -0.3 is 10.5 Å². The summed E-state index contributed by atoms with van der Waals surface area (Å²) < 4.78 is 5.79. The SMILES string of the molecule is Nc1nc(Oc2cnc3ccccc3c2)c2cn[nH]c2n1. The highest BCUT2D eigenvalue weighted by Crippen LogP contribution is 2.27. The molecule has 4 aromatic rings. The molecule has 0 aliphatic rings. The maximum Gasteiger partial charge on any atom is 0.235 e. The minimum atomic E-state index is 0.121. The number of pyridine rings is 1. The smallest absolute Gasteiger partial charge is 0.235 e. The molecule has 0 atom stereocenters. The Morgan fingerprint density at radius 3 is 2.95 bits per heavy atom. The molecular formula is C14H10N6O. The number of ether oxygens (including phenoxy) is 1. The Bertz CT molecular complexity index is 948. The van der Waals surface area contributed by atoms with Crippen LogP contribution >= 0.6 is 0 Å². The van der Waals surface area contributed by atoms with Crippen molar-refractivity contribution in [3.63, 3.8) is 0 Å². The fraction of sp³-hybridized carbons (Fsp3) is 0. The van der Waals surface area contributed by atoms with E-state index in [1.54, 1.807) is 12.4 Å². The number of hydrogen-bond donors (Lipinski definition) is 2. The third-order valence-electron chi connectivity index (χ3n) is 3.07. The van der Waals surface area contributed by atoms with Crippen LogP contribution in [0, 0.1) is 0 Å². The zero-order chi connectivity index (χ0) is 14.2. The Labute approximate surface area is 118 Å². The number of aromatic nitrogens is 5. The molecule has 0 radical (unpaired) electrons. The number of nitrogen functional groups attached to an aromatic ring is 1. The first-order valence-corrected chi connectivity index (χ1v) is 6.29. The number of rotatable bonds is 2. The van der Waals surface area contributed by atoms with Crippen LogP contribution in [0.4, 0.5) is 5.95 Å². The van der Waals surface area contributed by atoms with Crippen LogP contribution in [-0.2, 0) is 0 Å². The van der Waals surface area contributed by atoms with Crippen LogP contribution in [0.25, 0.3) is 21.9 Å². The number of nitrogens with one attached hydrogen (secondary N) is 1. The average Bonchev–Trinajstić information content (AvgIpc) is 2.95. The lowest BCUT2D eigenvalue weighted by molar-refractivity contribution is 0.468.